The molecular formula is C30H36F4N6O3Si. The van der Waals surface area contributed by atoms with Crippen LogP contribution >= 0.6 is 0 Å². The number of hydrogen-bond donors (Lipinski definition) is 1. The molecule has 2 aromatic heterocycles. The normalized spacial score (nSPS) is 15.9. The maximum absolute atomic E-state index is 15.5. The summed E-state index contributed by atoms with van der Waals surface area (Å²) < 4.78 is 68.8. The molecule has 0 spiro atoms. The summed E-state index contributed by atoms with van der Waals surface area (Å²) in [4.78, 5) is 30.1. The van der Waals surface area contributed by atoms with Gasteiger partial charge in [-0.1, -0.05) is 19.6 Å². The number of amides is 1. The van der Waals surface area contributed by atoms with Crippen LogP contribution in [0.1, 0.15) is 28.8 Å². The van der Waals surface area contributed by atoms with Gasteiger partial charge < -0.3 is 24.6 Å². The molecule has 0 aliphatic carbocycles. The number of hydrogen-bond acceptors (Lipinski definition) is 8. The van der Waals surface area contributed by atoms with Crippen LogP contribution in [-0.4, -0.2) is 74.9 Å². The number of anilines is 3. The van der Waals surface area contributed by atoms with E-state index in [0.717, 1.165) is 31.1 Å². The standard InChI is InChI=1S/C30H36F4N6O3Si/c1-44(2,3)13-12-43-27-15-23(30(32,33)34)22(19-35-27)28(41)38-25-14-21(24(31)16-26(25)39-6-4-5-7-39)20-17-36-29(37-18-20)40-8-10-42-11-9-40/h14-19H,4-13H2,1-3H3,(H,38,41). The molecule has 2 aliphatic rings. The number of pyridine rings is 1. The zero-order valence-corrected chi connectivity index (χ0v) is 26.0. The number of rotatable bonds is 9. The molecule has 0 bridgehead atoms. The lowest BCUT2D eigenvalue weighted by molar-refractivity contribution is -0.138. The third-order valence-corrected chi connectivity index (χ3v) is 9.26. The summed E-state index contributed by atoms with van der Waals surface area (Å²) in [7, 11) is -1.48. The Morgan fingerprint density at radius 3 is 2.30 bits per heavy atom. The second-order valence-electron chi connectivity index (χ2n) is 12.1. The van der Waals surface area contributed by atoms with E-state index in [0.29, 0.717) is 56.6 Å². The SMILES string of the molecule is C[Si](C)(C)CCOc1cc(C(F)(F)F)c(C(=O)Nc2cc(-c3cnc(N4CCOCC4)nc3)c(F)cc2N2CCCC2)cn1. The molecule has 0 radical (unpaired) electrons. The van der Waals surface area contributed by atoms with E-state index in [9.17, 15) is 18.0 Å². The first kappa shape index (κ1) is 31.6. The Kier molecular flexibility index (Phi) is 9.39. The highest BCUT2D eigenvalue weighted by atomic mass is 28.3. The predicted octanol–water partition coefficient (Wildman–Crippen LogP) is 6.10. The number of aromatic nitrogens is 3. The van der Waals surface area contributed by atoms with Crippen molar-refractivity contribution < 1.29 is 31.8 Å². The molecule has 5 rings (SSSR count). The molecule has 9 nitrogen and oxygen atoms in total. The summed E-state index contributed by atoms with van der Waals surface area (Å²) in [5.41, 5.74) is -0.792. The second-order valence-corrected chi connectivity index (χ2v) is 17.7. The first-order valence-electron chi connectivity index (χ1n) is 14.6. The average Bonchev–Trinajstić information content (AvgIpc) is 3.52. The summed E-state index contributed by atoms with van der Waals surface area (Å²) in [6.45, 7) is 10.2. The fourth-order valence-electron chi connectivity index (χ4n) is 5.07. The van der Waals surface area contributed by atoms with Crippen LogP contribution in [0.25, 0.3) is 11.1 Å². The van der Waals surface area contributed by atoms with Crippen LogP contribution in [0.2, 0.25) is 25.7 Å². The molecule has 14 heteroatoms. The van der Waals surface area contributed by atoms with Gasteiger partial charge in [0.15, 0.2) is 0 Å². The number of morpholine rings is 1. The fraction of sp³-hybridized carbons (Fsp3) is 0.467. The molecule has 236 valence electrons. The summed E-state index contributed by atoms with van der Waals surface area (Å²) in [6.07, 6.45) is 0.759. The van der Waals surface area contributed by atoms with Gasteiger partial charge in [-0.15, -0.1) is 0 Å². The Labute approximate surface area is 254 Å². The van der Waals surface area contributed by atoms with E-state index in [1.54, 1.807) is 0 Å². The van der Waals surface area contributed by atoms with Gasteiger partial charge in [0.05, 0.1) is 42.3 Å². The number of alkyl halides is 3. The van der Waals surface area contributed by atoms with Crippen molar-refractivity contribution in [1.82, 2.24) is 15.0 Å². The van der Waals surface area contributed by atoms with Crippen LogP contribution in [0.4, 0.5) is 34.9 Å². The lowest BCUT2D eigenvalue weighted by Gasteiger charge is -2.26. The zero-order valence-electron chi connectivity index (χ0n) is 25.0. The van der Waals surface area contributed by atoms with Crippen molar-refractivity contribution in [1.29, 1.82) is 0 Å². The minimum absolute atomic E-state index is 0.108. The third-order valence-electron chi connectivity index (χ3n) is 7.55. The van der Waals surface area contributed by atoms with Crippen molar-refractivity contribution in [3.8, 4) is 17.0 Å². The highest BCUT2D eigenvalue weighted by Gasteiger charge is 2.37. The number of carbonyl (C=O) groups is 1. The largest absolute Gasteiger partial charge is 0.478 e. The highest BCUT2D eigenvalue weighted by Crippen LogP contribution is 2.38. The lowest BCUT2D eigenvalue weighted by atomic mass is 10.0. The summed E-state index contributed by atoms with van der Waals surface area (Å²) in [5, 5.41) is 2.61. The molecular weight excluding hydrogens is 596 g/mol. The Balaban J connectivity index is 1.45. The van der Waals surface area contributed by atoms with Gasteiger partial charge in [0.2, 0.25) is 11.8 Å². The van der Waals surface area contributed by atoms with Crippen LogP contribution in [0.3, 0.4) is 0 Å². The first-order chi connectivity index (χ1) is 20.9. The molecule has 2 aliphatic heterocycles. The summed E-state index contributed by atoms with van der Waals surface area (Å²) >= 11 is 0. The van der Waals surface area contributed by atoms with Crippen LogP contribution in [0, 0.1) is 5.82 Å². The molecule has 3 aromatic rings. The van der Waals surface area contributed by atoms with E-state index in [1.165, 1.54) is 24.5 Å². The Morgan fingerprint density at radius 2 is 1.66 bits per heavy atom. The monoisotopic (exact) mass is 632 g/mol. The van der Waals surface area contributed by atoms with Crippen LogP contribution in [0.15, 0.2) is 36.8 Å². The zero-order chi connectivity index (χ0) is 31.5. The molecule has 4 heterocycles. The van der Waals surface area contributed by atoms with Crippen molar-refractivity contribution in [2.75, 3.05) is 61.1 Å². The van der Waals surface area contributed by atoms with E-state index in [-0.39, 0.29) is 23.7 Å². The molecule has 1 N–H and O–H groups in total. The summed E-state index contributed by atoms with van der Waals surface area (Å²) in [5.74, 6) is -1.30. The highest BCUT2D eigenvalue weighted by molar-refractivity contribution is 6.76. The van der Waals surface area contributed by atoms with Gasteiger partial charge in [-0.3, -0.25) is 4.79 Å². The van der Waals surface area contributed by atoms with Gasteiger partial charge in [-0.05, 0) is 31.0 Å². The van der Waals surface area contributed by atoms with Crippen LogP contribution in [-0.2, 0) is 10.9 Å². The van der Waals surface area contributed by atoms with Crippen molar-refractivity contribution >= 4 is 31.3 Å². The van der Waals surface area contributed by atoms with Gasteiger partial charge >= 0.3 is 6.18 Å². The molecule has 1 aromatic carbocycles. The molecule has 0 saturated carbocycles. The Hall–Kier alpha value is -3.78. The fourth-order valence-corrected chi connectivity index (χ4v) is 5.79. The molecule has 0 unspecified atom stereocenters. The van der Waals surface area contributed by atoms with Crippen LogP contribution < -0.4 is 19.9 Å². The van der Waals surface area contributed by atoms with Gasteiger partial charge in [0, 0.05) is 70.0 Å². The number of ether oxygens (including phenoxy) is 2. The number of nitrogens with one attached hydrogen (secondary N) is 1. The van der Waals surface area contributed by atoms with Gasteiger partial charge in [-0.2, -0.15) is 13.2 Å². The smallest absolute Gasteiger partial charge is 0.417 e. The van der Waals surface area contributed by atoms with Crippen molar-refractivity contribution in [3.05, 3.63) is 53.7 Å². The van der Waals surface area contributed by atoms with Crippen molar-refractivity contribution in [2.45, 2.75) is 44.7 Å². The minimum Gasteiger partial charge on any atom is -0.478 e. The average molecular weight is 633 g/mol. The number of nitrogens with zero attached hydrogens (tertiary/aromatic N) is 5. The van der Waals surface area contributed by atoms with E-state index >= 15 is 4.39 Å². The minimum atomic E-state index is -4.84. The predicted molar refractivity (Wildman–Crippen MR) is 163 cm³/mol. The molecule has 2 saturated heterocycles. The van der Waals surface area contributed by atoms with E-state index in [1.807, 2.05) is 9.80 Å². The maximum Gasteiger partial charge on any atom is 0.417 e. The van der Waals surface area contributed by atoms with Crippen molar-refractivity contribution in [2.24, 2.45) is 0 Å². The Morgan fingerprint density at radius 1 is 0.977 bits per heavy atom. The van der Waals surface area contributed by atoms with Gasteiger partial charge in [0.25, 0.3) is 5.91 Å². The molecule has 44 heavy (non-hydrogen) atoms. The number of benzene rings is 1. The summed E-state index contributed by atoms with van der Waals surface area (Å²) in [6, 6.07) is 4.21. The number of carbonyl (C=O) groups excluding carboxylic acids is 1. The maximum atomic E-state index is 15.5. The quantitative estimate of drug-likeness (QED) is 0.224. The molecule has 2 fully saturated rings. The van der Waals surface area contributed by atoms with Crippen molar-refractivity contribution in [3.63, 3.8) is 0 Å². The van der Waals surface area contributed by atoms with Crippen LogP contribution in [0.5, 0.6) is 5.88 Å². The van der Waals surface area contributed by atoms with E-state index in [2.05, 4.69) is 39.9 Å². The molecule has 1 amide bonds. The Bertz CT molecular complexity index is 1470. The lowest BCUT2D eigenvalue weighted by Crippen LogP contribution is -2.37. The second kappa shape index (κ2) is 13.1. The van der Waals surface area contributed by atoms with E-state index < -0.39 is 37.1 Å². The topological polar surface area (TPSA) is 92.7 Å². The van der Waals surface area contributed by atoms with Gasteiger partial charge in [-0.25, -0.2) is 19.3 Å². The first-order valence-corrected chi connectivity index (χ1v) is 18.3. The molecule has 0 atom stereocenters. The van der Waals surface area contributed by atoms with E-state index in [4.69, 9.17) is 9.47 Å². The number of halogens is 4. The third kappa shape index (κ3) is 7.64. The van der Waals surface area contributed by atoms with Gasteiger partial charge in [0.1, 0.15) is 5.82 Å².